The Hall–Kier alpha value is -0.700. The number of halogens is 4. The van der Waals surface area contributed by atoms with Crippen LogP contribution in [0.15, 0.2) is 36.5 Å². The van der Waals surface area contributed by atoms with Gasteiger partial charge in [-0.05, 0) is 0 Å². The molecule has 1 atom stereocenters. The minimum absolute atomic E-state index is 0.252. The lowest BCUT2D eigenvalue weighted by Gasteiger charge is -2.24. The topological polar surface area (TPSA) is 0 Å². The van der Waals surface area contributed by atoms with Gasteiger partial charge in [-0.15, -0.1) is 18.2 Å². The Morgan fingerprint density at radius 3 is 2.62 bits per heavy atom. The Kier molecular flexibility index (Phi) is 2.57. The van der Waals surface area contributed by atoms with E-state index in [1.54, 1.807) is 0 Å². The lowest BCUT2D eigenvalue weighted by molar-refractivity contribution is -0.0944. The zero-order valence-electron chi connectivity index (χ0n) is 6.74. The summed E-state index contributed by atoms with van der Waals surface area (Å²) >= 11 is 5.81. The van der Waals surface area contributed by atoms with Crippen LogP contribution in [0.2, 0.25) is 0 Å². The summed E-state index contributed by atoms with van der Waals surface area (Å²) in [5.41, 5.74) is -0.620. The molecule has 1 unspecified atom stereocenters. The molecule has 0 spiro atoms. The van der Waals surface area contributed by atoms with E-state index >= 15 is 0 Å². The van der Waals surface area contributed by atoms with E-state index in [4.69, 9.17) is 11.6 Å². The molecule has 0 saturated heterocycles. The highest BCUT2D eigenvalue weighted by Gasteiger charge is 2.38. The Morgan fingerprint density at radius 1 is 1.54 bits per heavy atom. The van der Waals surface area contributed by atoms with E-state index in [1.807, 2.05) is 0 Å². The first-order valence-electron chi connectivity index (χ1n) is 3.65. The molecule has 0 heterocycles. The maximum Gasteiger partial charge on any atom is 0.412 e. The zero-order valence-corrected chi connectivity index (χ0v) is 7.49. The third-order valence-electron chi connectivity index (χ3n) is 1.84. The summed E-state index contributed by atoms with van der Waals surface area (Å²) in [6.07, 6.45) is 0.595. The highest BCUT2D eigenvalue weighted by Crippen LogP contribution is 2.38. The lowest BCUT2D eigenvalue weighted by atomic mass is 9.93. The number of rotatable bonds is 1. The first-order valence-corrected chi connectivity index (χ1v) is 4.03. The molecule has 0 radical (unpaired) electrons. The normalized spacial score (nSPS) is 28.5. The number of alkyl halides is 4. The smallest absolute Gasteiger partial charge is 0.166 e. The van der Waals surface area contributed by atoms with Crippen molar-refractivity contribution in [3.05, 3.63) is 36.5 Å². The fraction of sp³-hybridized carbons (Fsp3) is 0.333. The Morgan fingerprint density at radius 2 is 2.15 bits per heavy atom. The summed E-state index contributed by atoms with van der Waals surface area (Å²) in [5.74, 6) is 0. The second-order valence-electron chi connectivity index (χ2n) is 2.86. The zero-order chi connectivity index (χ0) is 10.1. The van der Waals surface area contributed by atoms with Gasteiger partial charge in [-0.2, -0.15) is 13.2 Å². The summed E-state index contributed by atoms with van der Waals surface area (Å²) in [7, 11) is 0. The van der Waals surface area contributed by atoms with Crippen LogP contribution in [0.25, 0.3) is 0 Å². The van der Waals surface area contributed by atoms with Gasteiger partial charge in [0.15, 0.2) is 0 Å². The predicted molar refractivity (Wildman–Crippen MR) is 46.7 cm³/mol. The molecule has 1 rings (SSSR count). The Bertz CT molecular complexity index is 275. The van der Waals surface area contributed by atoms with Crippen LogP contribution in [0, 0.1) is 0 Å². The molecule has 0 N–H and O–H groups in total. The molecule has 0 aliphatic heterocycles. The average molecular weight is 209 g/mol. The SMILES string of the molecule is C=CC1(Cl)C=CC=C(C(F)(F)F)C1. The van der Waals surface area contributed by atoms with Crippen LogP contribution in [0.4, 0.5) is 13.2 Å². The van der Waals surface area contributed by atoms with E-state index in [-0.39, 0.29) is 6.42 Å². The predicted octanol–water partition coefficient (Wildman–Crippen LogP) is 3.60. The van der Waals surface area contributed by atoms with E-state index in [9.17, 15) is 13.2 Å². The van der Waals surface area contributed by atoms with Crippen molar-refractivity contribution in [3.8, 4) is 0 Å². The van der Waals surface area contributed by atoms with E-state index in [0.29, 0.717) is 0 Å². The molecule has 0 fully saturated rings. The summed E-state index contributed by atoms with van der Waals surface area (Å²) in [5, 5.41) is 0. The van der Waals surface area contributed by atoms with Crippen molar-refractivity contribution in [2.75, 3.05) is 0 Å². The molecule has 4 heteroatoms. The maximum atomic E-state index is 12.2. The van der Waals surface area contributed by atoms with Gasteiger partial charge in [-0.25, -0.2) is 0 Å². The van der Waals surface area contributed by atoms with Crippen LogP contribution < -0.4 is 0 Å². The van der Waals surface area contributed by atoms with E-state index in [2.05, 4.69) is 6.58 Å². The molecule has 0 aromatic carbocycles. The standard InChI is InChI=1S/C9H8ClF3/c1-2-8(10)5-3-4-7(6-8)9(11,12)13/h2-5H,1,6H2. The summed E-state index contributed by atoms with van der Waals surface area (Å²) in [4.78, 5) is -1.08. The number of allylic oxidation sites excluding steroid dienone is 5. The van der Waals surface area contributed by atoms with E-state index in [1.165, 1.54) is 18.2 Å². The van der Waals surface area contributed by atoms with Crippen LogP contribution in [0.3, 0.4) is 0 Å². The molecule has 0 bridgehead atoms. The van der Waals surface area contributed by atoms with Crippen molar-refractivity contribution in [3.63, 3.8) is 0 Å². The van der Waals surface area contributed by atoms with Crippen LogP contribution >= 0.6 is 11.6 Å². The molecule has 1 aliphatic rings. The fourth-order valence-corrected chi connectivity index (χ4v) is 1.29. The number of hydrogen-bond acceptors (Lipinski definition) is 0. The third-order valence-corrected chi connectivity index (χ3v) is 2.25. The third kappa shape index (κ3) is 2.37. The molecule has 72 valence electrons. The highest BCUT2D eigenvalue weighted by molar-refractivity contribution is 6.26. The average Bonchev–Trinajstić information content (AvgIpc) is 2.03. The minimum Gasteiger partial charge on any atom is -0.166 e. The molecule has 1 aliphatic carbocycles. The van der Waals surface area contributed by atoms with Gasteiger partial charge in [0.2, 0.25) is 0 Å². The van der Waals surface area contributed by atoms with Gasteiger partial charge in [0.05, 0.1) is 4.87 Å². The molecule has 0 aromatic heterocycles. The monoisotopic (exact) mass is 208 g/mol. The maximum absolute atomic E-state index is 12.2. The van der Waals surface area contributed by atoms with E-state index < -0.39 is 16.6 Å². The lowest BCUT2D eigenvalue weighted by Crippen LogP contribution is -2.24. The van der Waals surface area contributed by atoms with Gasteiger partial charge in [0, 0.05) is 12.0 Å². The molecule has 13 heavy (non-hydrogen) atoms. The highest BCUT2D eigenvalue weighted by atomic mass is 35.5. The molecule has 0 amide bonds. The molecule has 0 nitrogen and oxygen atoms in total. The minimum atomic E-state index is -4.30. The molecular formula is C9H8ClF3. The molecule has 0 saturated carbocycles. The van der Waals surface area contributed by atoms with Crippen molar-refractivity contribution < 1.29 is 13.2 Å². The van der Waals surface area contributed by atoms with E-state index in [0.717, 1.165) is 6.08 Å². The van der Waals surface area contributed by atoms with Gasteiger partial charge < -0.3 is 0 Å². The summed E-state index contributed by atoms with van der Waals surface area (Å²) in [6, 6.07) is 0. The van der Waals surface area contributed by atoms with Crippen molar-refractivity contribution >= 4 is 11.6 Å². The van der Waals surface area contributed by atoms with Crippen LogP contribution in [-0.4, -0.2) is 11.1 Å². The summed E-state index contributed by atoms with van der Waals surface area (Å²) < 4.78 is 36.7. The van der Waals surface area contributed by atoms with Crippen molar-refractivity contribution in [2.45, 2.75) is 17.5 Å². The van der Waals surface area contributed by atoms with Crippen LogP contribution in [0.1, 0.15) is 6.42 Å². The van der Waals surface area contributed by atoms with Crippen molar-refractivity contribution in [1.29, 1.82) is 0 Å². The Labute approximate surface area is 79.4 Å². The molecule has 0 aromatic rings. The quantitative estimate of drug-likeness (QED) is 0.456. The van der Waals surface area contributed by atoms with Crippen LogP contribution in [-0.2, 0) is 0 Å². The van der Waals surface area contributed by atoms with Gasteiger partial charge in [0.25, 0.3) is 0 Å². The fourth-order valence-electron chi connectivity index (χ4n) is 1.07. The molecular weight excluding hydrogens is 201 g/mol. The van der Waals surface area contributed by atoms with Gasteiger partial charge in [-0.1, -0.05) is 24.3 Å². The second-order valence-corrected chi connectivity index (χ2v) is 3.56. The van der Waals surface area contributed by atoms with Gasteiger partial charge in [0.1, 0.15) is 0 Å². The van der Waals surface area contributed by atoms with Crippen LogP contribution in [0.5, 0.6) is 0 Å². The van der Waals surface area contributed by atoms with Crippen molar-refractivity contribution in [2.24, 2.45) is 0 Å². The number of hydrogen-bond donors (Lipinski definition) is 0. The van der Waals surface area contributed by atoms with Crippen molar-refractivity contribution in [1.82, 2.24) is 0 Å². The largest absolute Gasteiger partial charge is 0.412 e. The Balaban J connectivity index is 2.90. The van der Waals surface area contributed by atoms with Gasteiger partial charge >= 0.3 is 6.18 Å². The first kappa shape index (κ1) is 10.4. The summed E-state index contributed by atoms with van der Waals surface area (Å²) in [6.45, 7) is 3.39. The first-order chi connectivity index (χ1) is 5.87. The van der Waals surface area contributed by atoms with Gasteiger partial charge in [-0.3, -0.25) is 0 Å². The second kappa shape index (κ2) is 3.22.